The van der Waals surface area contributed by atoms with Crippen molar-refractivity contribution in [2.24, 2.45) is 4.99 Å². The summed E-state index contributed by atoms with van der Waals surface area (Å²) >= 11 is 0. The van der Waals surface area contributed by atoms with Gasteiger partial charge in [0, 0.05) is 31.9 Å². The second kappa shape index (κ2) is 12.5. The van der Waals surface area contributed by atoms with E-state index in [2.05, 4.69) is 51.8 Å². The number of nitrogens with one attached hydrogen (secondary N) is 2. The molecule has 0 atom stereocenters. The van der Waals surface area contributed by atoms with Gasteiger partial charge in [0.25, 0.3) is 0 Å². The van der Waals surface area contributed by atoms with E-state index in [4.69, 9.17) is 4.74 Å². The maximum atomic E-state index is 5.68. The second-order valence-electron chi connectivity index (χ2n) is 5.40. The molecule has 0 radical (unpaired) electrons. The van der Waals surface area contributed by atoms with Crippen molar-refractivity contribution in [2.75, 3.05) is 20.2 Å². The minimum absolute atomic E-state index is 0. The molecule has 2 aromatic rings. The van der Waals surface area contributed by atoms with Crippen LogP contribution in [0.15, 0.2) is 53.7 Å². The molecule has 0 amide bonds. The molecule has 0 bridgehead atoms. The average molecular weight is 454 g/mol. The second-order valence-corrected chi connectivity index (χ2v) is 5.40. The Kier molecular flexibility index (Phi) is 10.6. The maximum absolute atomic E-state index is 5.68. The quantitative estimate of drug-likeness (QED) is 0.365. The minimum Gasteiger partial charge on any atom is -0.477 e. The highest BCUT2D eigenvalue weighted by atomic mass is 127. The summed E-state index contributed by atoms with van der Waals surface area (Å²) < 4.78 is 5.68. The van der Waals surface area contributed by atoms with Gasteiger partial charge in [-0.25, -0.2) is 4.98 Å². The molecule has 0 aliphatic carbocycles. The molecule has 6 heteroatoms. The van der Waals surface area contributed by atoms with Gasteiger partial charge < -0.3 is 15.4 Å². The van der Waals surface area contributed by atoms with Gasteiger partial charge in [0.2, 0.25) is 5.88 Å². The summed E-state index contributed by atoms with van der Waals surface area (Å²) in [6.45, 7) is 4.21. The van der Waals surface area contributed by atoms with E-state index in [1.54, 1.807) is 13.2 Å². The van der Waals surface area contributed by atoms with Crippen LogP contribution in [0.4, 0.5) is 0 Å². The van der Waals surface area contributed by atoms with Gasteiger partial charge in [-0.3, -0.25) is 4.99 Å². The van der Waals surface area contributed by atoms with Gasteiger partial charge in [0.1, 0.15) is 0 Å². The third kappa shape index (κ3) is 7.72. The topological polar surface area (TPSA) is 58.5 Å². The van der Waals surface area contributed by atoms with Crippen LogP contribution in [0.3, 0.4) is 0 Å². The van der Waals surface area contributed by atoms with Gasteiger partial charge in [-0.2, -0.15) is 0 Å². The fraction of sp³-hybridized carbons (Fsp3) is 0.368. The van der Waals surface area contributed by atoms with Crippen molar-refractivity contribution in [2.45, 2.75) is 26.3 Å². The Labute approximate surface area is 167 Å². The molecule has 0 saturated carbocycles. The van der Waals surface area contributed by atoms with Crippen LogP contribution in [0.5, 0.6) is 5.88 Å². The Morgan fingerprint density at radius 3 is 2.64 bits per heavy atom. The van der Waals surface area contributed by atoms with Crippen LogP contribution in [0.2, 0.25) is 0 Å². The van der Waals surface area contributed by atoms with Crippen LogP contribution >= 0.6 is 24.0 Å². The number of ether oxygens (including phenoxy) is 1. The van der Waals surface area contributed by atoms with Crippen molar-refractivity contribution in [1.82, 2.24) is 15.6 Å². The highest BCUT2D eigenvalue weighted by molar-refractivity contribution is 14.0. The third-order valence-corrected chi connectivity index (χ3v) is 3.51. The highest BCUT2D eigenvalue weighted by Crippen LogP contribution is 2.14. The Morgan fingerprint density at radius 1 is 1.12 bits per heavy atom. The normalized spacial score (nSPS) is 10.7. The summed E-state index contributed by atoms with van der Waals surface area (Å²) in [4.78, 5) is 8.56. The van der Waals surface area contributed by atoms with E-state index in [9.17, 15) is 0 Å². The van der Waals surface area contributed by atoms with Crippen LogP contribution in [-0.4, -0.2) is 31.1 Å². The number of benzene rings is 1. The third-order valence-electron chi connectivity index (χ3n) is 3.51. The SMILES string of the molecule is CCCOc1ncccc1CNC(=NC)NCCc1ccccc1.I. The molecule has 2 rings (SSSR count). The average Bonchev–Trinajstić information content (AvgIpc) is 2.64. The molecule has 25 heavy (non-hydrogen) atoms. The first-order chi connectivity index (χ1) is 11.8. The Bertz CT molecular complexity index is 634. The van der Waals surface area contributed by atoms with Crippen LogP contribution in [0.25, 0.3) is 0 Å². The number of hydrogen-bond acceptors (Lipinski definition) is 3. The van der Waals surface area contributed by atoms with E-state index in [1.165, 1.54) is 5.56 Å². The largest absolute Gasteiger partial charge is 0.477 e. The van der Waals surface area contributed by atoms with Gasteiger partial charge in [-0.15, -0.1) is 24.0 Å². The molecule has 5 nitrogen and oxygen atoms in total. The van der Waals surface area contributed by atoms with Gasteiger partial charge in [-0.1, -0.05) is 43.3 Å². The summed E-state index contributed by atoms with van der Waals surface area (Å²) in [5.74, 6) is 1.46. The number of aromatic nitrogens is 1. The molecule has 136 valence electrons. The summed E-state index contributed by atoms with van der Waals surface area (Å²) in [7, 11) is 1.77. The van der Waals surface area contributed by atoms with E-state index < -0.39 is 0 Å². The first kappa shape index (κ1) is 21.2. The summed E-state index contributed by atoms with van der Waals surface area (Å²) in [5, 5.41) is 6.64. The molecule has 0 fully saturated rings. The van der Waals surface area contributed by atoms with Gasteiger partial charge >= 0.3 is 0 Å². The lowest BCUT2D eigenvalue weighted by Crippen LogP contribution is -2.38. The van der Waals surface area contributed by atoms with Crippen molar-refractivity contribution < 1.29 is 4.74 Å². The van der Waals surface area contributed by atoms with Gasteiger partial charge in [-0.05, 0) is 24.5 Å². The van der Waals surface area contributed by atoms with Crippen molar-refractivity contribution in [1.29, 1.82) is 0 Å². The predicted octanol–water partition coefficient (Wildman–Crippen LogP) is 3.40. The number of rotatable bonds is 8. The zero-order chi connectivity index (χ0) is 17.0. The fourth-order valence-electron chi connectivity index (χ4n) is 2.26. The molecule has 1 aromatic carbocycles. The Balaban J connectivity index is 0.00000312. The zero-order valence-electron chi connectivity index (χ0n) is 14.9. The van der Waals surface area contributed by atoms with Crippen molar-refractivity contribution >= 4 is 29.9 Å². The first-order valence-corrected chi connectivity index (χ1v) is 8.38. The number of aliphatic imine (C=N–C) groups is 1. The summed E-state index contributed by atoms with van der Waals surface area (Å²) in [6.07, 6.45) is 3.67. The lowest BCUT2D eigenvalue weighted by atomic mass is 10.1. The standard InChI is InChI=1S/C19H26N4O.HI/c1-3-14-24-18-17(10-7-12-21-18)15-23-19(20-2)22-13-11-16-8-5-4-6-9-16;/h4-10,12H,3,11,13-15H2,1-2H3,(H2,20,22,23);1H. The maximum Gasteiger partial charge on any atom is 0.218 e. The number of pyridine rings is 1. The molecular formula is C19H27IN4O. The number of guanidine groups is 1. The molecule has 0 unspecified atom stereocenters. The van der Waals surface area contributed by atoms with Crippen molar-refractivity contribution in [3.8, 4) is 5.88 Å². The highest BCUT2D eigenvalue weighted by Gasteiger charge is 2.05. The number of nitrogens with zero attached hydrogens (tertiary/aromatic N) is 2. The number of halogens is 1. The Morgan fingerprint density at radius 2 is 1.92 bits per heavy atom. The van der Waals surface area contributed by atoms with E-state index in [-0.39, 0.29) is 24.0 Å². The molecular weight excluding hydrogens is 427 g/mol. The van der Waals surface area contributed by atoms with E-state index >= 15 is 0 Å². The lowest BCUT2D eigenvalue weighted by Gasteiger charge is -2.14. The number of hydrogen-bond donors (Lipinski definition) is 2. The van der Waals surface area contributed by atoms with E-state index in [1.807, 2.05) is 18.2 Å². The summed E-state index contributed by atoms with van der Waals surface area (Å²) in [6, 6.07) is 14.3. The predicted molar refractivity (Wildman–Crippen MR) is 114 cm³/mol. The van der Waals surface area contributed by atoms with Crippen molar-refractivity contribution in [3.05, 3.63) is 59.8 Å². The Hall–Kier alpha value is -1.83. The smallest absolute Gasteiger partial charge is 0.218 e. The monoisotopic (exact) mass is 454 g/mol. The molecule has 1 aromatic heterocycles. The zero-order valence-corrected chi connectivity index (χ0v) is 17.2. The molecule has 0 aliphatic heterocycles. The molecule has 2 N–H and O–H groups in total. The van der Waals surface area contributed by atoms with E-state index in [0.717, 1.165) is 30.9 Å². The fourth-order valence-corrected chi connectivity index (χ4v) is 2.26. The van der Waals surface area contributed by atoms with Crippen molar-refractivity contribution in [3.63, 3.8) is 0 Å². The lowest BCUT2D eigenvalue weighted by molar-refractivity contribution is 0.301. The first-order valence-electron chi connectivity index (χ1n) is 8.38. The van der Waals surface area contributed by atoms with Gasteiger partial charge in [0.15, 0.2) is 5.96 Å². The molecule has 1 heterocycles. The molecule has 0 saturated heterocycles. The van der Waals surface area contributed by atoms with Crippen LogP contribution < -0.4 is 15.4 Å². The van der Waals surface area contributed by atoms with Crippen LogP contribution in [0.1, 0.15) is 24.5 Å². The summed E-state index contributed by atoms with van der Waals surface area (Å²) in [5.41, 5.74) is 2.33. The van der Waals surface area contributed by atoms with Crippen LogP contribution in [-0.2, 0) is 13.0 Å². The minimum atomic E-state index is 0. The van der Waals surface area contributed by atoms with Gasteiger partial charge in [0.05, 0.1) is 6.61 Å². The molecule has 0 spiro atoms. The van der Waals surface area contributed by atoms with E-state index in [0.29, 0.717) is 19.0 Å². The molecule has 0 aliphatic rings. The van der Waals surface area contributed by atoms with Crippen LogP contribution in [0, 0.1) is 0 Å².